The van der Waals surface area contributed by atoms with Crippen LogP contribution < -0.4 is 5.73 Å². The van der Waals surface area contributed by atoms with E-state index in [4.69, 9.17) is 5.73 Å². The van der Waals surface area contributed by atoms with Crippen LogP contribution in [0.2, 0.25) is 0 Å². The van der Waals surface area contributed by atoms with Crippen molar-refractivity contribution in [1.29, 1.82) is 0 Å². The van der Waals surface area contributed by atoms with Gasteiger partial charge in [-0.25, -0.2) is 0 Å². The Bertz CT molecular complexity index is 346. The van der Waals surface area contributed by atoms with Crippen LogP contribution in [-0.4, -0.2) is 54.5 Å². The minimum absolute atomic E-state index is 0. The van der Waals surface area contributed by atoms with Crippen LogP contribution >= 0.6 is 24.8 Å². The predicted molar refractivity (Wildman–Crippen MR) is 102 cm³/mol. The molecule has 1 heterocycles. The maximum Gasteiger partial charge on any atom is 0.240 e. The summed E-state index contributed by atoms with van der Waals surface area (Å²) in [6, 6.07) is -0.387. The monoisotopic (exact) mass is 367 g/mol. The molecule has 1 saturated carbocycles. The second-order valence-electron chi connectivity index (χ2n) is 7.97. The van der Waals surface area contributed by atoms with Gasteiger partial charge in [-0.3, -0.25) is 9.69 Å². The number of amides is 1. The number of nitrogens with two attached hydrogens (primary N) is 1. The highest BCUT2D eigenvalue weighted by Crippen LogP contribution is 2.25. The van der Waals surface area contributed by atoms with Gasteiger partial charge in [0.15, 0.2) is 0 Å². The van der Waals surface area contributed by atoms with E-state index >= 15 is 0 Å². The molecule has 1 amide bonds. The predicted octanol–water partition coefficient (Wildman–Crippen LogP) is 2.93. The first-order valence-corrected chi connectivity index (χ1v) is 8.64. The standard InChI is InChI=1S/C17H33N3O.2ClH/c1-17(2,3)15(18)16(21)20-11-9-19(10-12-20)13-14-7-5-4-6-8-14;;/h14-15H,4-13,18H2,1-3H3;2*1H/t15-;;/m1../s1. The Morgan fingerprint density at radius 1 is 1.04 bits per heavy atom. The summed E-state index contributed by atoms with van der Waals surface area (Å²) in [4.78, 5) is 16.9. The average molecular weight is 368 g/mol. The molecule has 0 aromatic heterocycles. The van der Waals surface area contributed by atoms with Crippen LogP contribution in [0.15, 0.2) is 0 Å². The first-order chi connectivity index (χ1) is 9.88. The Kier molecular flexibility index (Phi) is 10.1. The van der Waals surface area contributed by atoms with E-state index in [1.807, 2.05) is 25.7 Å². The summed E-state index contributed by atoms with van der Waals surface area (Å²) >= 11 is 0. The van der Waals surface area contributed by atoms with E-state index in [0.717, 1.165) is 32.1 Å². The minimum Gasteiger partial charge on any atom is -0.339 e. The van der Waals surface area contributed by atoms with Crippen LogP contribution in [0.25, 0.3) is 0 Å². The summed E-state index contributed by atoms with van der Waals surface area (Å²) in [5.74, 6) is 1.01. The number of piperazine rings is 1. The van der Waals surface area contributed by atoms with E-state index in [-0.39, 0.29) is 42.2 Å². The fourth-order valence-electron chi connectivity index (χ4n) is 3.45. The number of carbonyl (C=O) groups excluding carboxylic acids is 1. The van der Waals surface area contributed by atoms with E-state index in [2.05, 4.69) is 4.90 Å². The highest BCUT2D eigenvalue weighted by atomic mass is 35.5. The van der Waals surface area contributed by atoms with Crippen LogP contribution in [-0.2, 0) is 4.79 Å². The number of halogens is 2. The van der Waals surface area contributed by atoms with Crippen LogP contribution in [0.4, 0.5) is 0 Å². The molecule has 0 spiro atoms. The van der Waals surface area contributed by atoms with Crippen molar-refractivity contribution < 1.29 is 4.79 Å². The molecule has 138 valence electrons. The lowest BCUT2D eigenvalue weighted by Crippen LogP contribution is -2.56. The molecule has 23 heavy (non-hydrogen) atoms. The van der Waals surface area contributed by atoms with Crippen molar-refractivity contribution in [2.45, 2.75) is 58.9 Å². The Hall–Kier alpha value is -0.0300. The van der Waals surface area contributed by atoms with Crippen molar-refractivity contribution in [1.82, 2.24) is 9.80 Å². The second-order valence-corrected chi connectivity index (χ2v) is 7.97. The number of hydrogen-bond acceptors (Lipinski definition) is 3. The minimum atomic E-state index is -0.387. The maximum absolute atomic E-state index is 12.4. The van der Waals surface area contributed by atoms with Crippen LogP contribution in [0.5, 0.6) is 0 Å². The molecule has 2 rings (SSSR count). The molecule has 4 nitrogen and oxygen atoms in total. The van der Waals surface area contributed by atoms with Crippen molar-refractivity contribution in [3.8, 4) is 0 Å². The summed E-state index contributed by atoms with van der Waals surface area (Å²) in [7, 11) is 0. The van der Waals surface area contributed by atoms with Crippen molar-refractivity contribution in [2.75, 3.05) is 32.7 Å². The fraction of sp³-hybridized carbons (Fsp3) is 0.941. The van der Waals surface area contributed by atoms with Crippen molar-refractivity contribution in [3.05, 3.63) is 0 Å². The zero-order chi connectivity index (χ0) is 15.5. The maximum atomic E-state index is 12.4. The summed E-state index contributed by atoms with van der Waals surface area (Å²) in [5.41, 5.74) is 5.95. The van der Waals surface area contributed by atoms with Gasteiger partial charge in [0.25, 0.3) is 0 Å². The van der Waals surface area contributed by atoms with E-state index in [0.29, 0.717) is 0 Å². The van der Waals surface area contributed by atoms with E-state index in [1.54, 1.807) is 0 Å². The highest BCUT2D eigenvalue weighted by Gasteiger charge is 2.32. The number of hydrogen-bond donors (Lipinski definition) is 1. The molecule has 1 saturated heterocycles. The lowest BCUT2D eigenvalue weighted by Gasteiger charge is -2.39. The first kappa shape index (κ1) is 23.0. The van der Waals surface area contributed by atoms with Crippen molar-refractivity contribution >= 4 is 30.7 Å². The van der Waals surface area contributed by atoms with Crippen LogP contribution in [0.3, 0.4) is 0 Å². The first-order valence-electron chi connectivity index (χ1n) is 8.64. The van der Waals surface area contributed by atoms with Crippen molar-refractivity contribution in [3.63, 3.8) is 0 Å². The molecule has 6 heteroatoms. The molecular weight excluding hydrogens is 333 g/mol. The van der Waals surface area contributed by atoms with Gasteiger partial charge >= 0.3 is 0 Å². The summed E-state index contributed by atoms with van der Waals surface area (Å²) in [6.45, 7) is 11.1. The topological polar surface area (TPSA) is 49.6 Å². The third-order valence-electron chi connectivity index (χ3n) is 5.12. The highest BCUT2D eigenvalue weighted by molar-refractivity contribution is 5.85. The Balaban J connectivity index is 0.00000242. The van der Waals surface area contributed by atoms with E-state index in [9.17, 15) is 4.79 Å². The van der Waals surface area contributed by atoms with Gasteiger partial charge in [-0.1, -0.05) is 40.0 Å². The Morgan fingerprint density at radius 2 is 1.57 bits per heavy atom. The van der Waals surface area contributed by atoms with Gasteiger partial charge in [0, 0.05) is 32.7 Å². The SMILES string of the molecule is CC(C)(C)[C@H](N)C(=O)N1CCN(CC2CCCCC2)CC1.Cl.Cl. The molecule has 2 aliphatic rings. The Labute approximate surface area is 154 Å². The quantitative estimate of drug-likeness (QED) is 0.833. The van der Waals surface area contributed by atoms with Gasteiger partial charge in [0.1, 0.15) is 0 Å². The zero-order valence-corrected chi connectivity index (χ0v) is 16.6. The molecule has 0 unspecified atom stereocenters. The van der Waals surface area contributed by atoms with Gasteiger partial charge in [0.05, 0.1) is 6.04 Å². The summed E-state index contributed by atoms with van der Waals surface area (Å²) in [6.07, 6.45) is 7.03. The van der Waals surface area contributed by atoms with Gasteiger partial charge in [-0.2, -0.15) is 0 Å². The number of rotatable bonds is 3. The van der Waals surface area contributed by atoms with E-state index in [1.165, 1.54) is 38.6 Å². The molecule has 1 aliphatic heterocycles. The average Bonchev–Trinajstić information content (AvgIpc) is 2.46. The number of carbonyl (C=O) groups is 1. The molecule has 0 aromatic carbocycles. The summed E-state index contributed by atoms with van der Waals surface area (Å²) in [5, 5.41) is 0. The lowest BCUT2D eigenvalue weighted by molar-refractivity contribution is -0.136. The van der Waals surface area contributed by atoms with Gasteiger partial charge in [-0.05, 0) is 24.2 Å². The molecule has 2 fully saturated rings. The van der Waals surface area contributed by atoms with Gasteiger partial charge in [0.2, 0.25) is 5.91 Å². The van der Waals surface area contributed by atoms with Gasteiger partial charge in [-0.15, -0.1) is 24.8 Å². The molecule has 2 N–H and O–H groups in total. The van der Waals surface area contributed by atoms with E-state index < -0.39 is 0 Å². The van der Waals surface area contributed by atoms with Gasteiger partial charge < -0.3 is 10.6 Å². The van der Waals surface area contributed by atoms with Crippen LogP contribution in [0.1, 0.15) is 52.9 Å². The molecular formula is C17H35Cl2N3O. The second kappa shape index (κ2) is 10.1. The molecule has 0 aromatic rings. The smallest absolute Gasteiger partial charge is 0.240 e. The lowest BCUT2D eigenvalue weighted by atomic mass is 9.86. The Morgan fingerprint density at radius 3 is 2.04 bits per heavy atom. The largest absolute Gasteiger partial charge is 0.339 e. The normalized spacial score (nSPS) is 22.0. The molecule has 1 aliphatic carbocycles. The van der Waals surface area contributed by atoms with Crippen LogP contribution in [0, 0.1) is 11.3 Å². The fourth-order valence-corrected chi connectivity index (χ4v) is 3.45. The molecule has 1 atom stereocenters. The zero-order valence-electron chi connectivity index (χ0n) is 14.9. The van der Waals surface area contributed by atoms with Crippen molar-refractivity contribution in [2.24, 2.45) is 17.1 Å². The number of nitrogens with zero attached hydrogens (tertiary/aromatic N) is 2. The summed E-state index contributed by atoms with van der Waals surface area (Å²) < 4.78 is 0. The molecule has 0 bridgehead atoms. The molecule has 0 radical (unpaired) electrons. The third kappa shape index (κ3) is 6.77. The third-order valence-corrected chi connectivity index (χ3v) is 5.12.